The van der Waals surface area contributed by atoms with Crippen molar-refractivity contribution in [3.63, 3.8) is 0 Å². The first kappa shape index (κ1) is 18.0. The van der Waals surface area contributed by atoms with Crippen molar-refractivity contribution in [2.45, 2.75) is 37.7 Å². The van der Waals surface area contributed by atoms with Gasteiger partial charge in [-0.25, -0.2) is 0 Å². The molecule has 0 heterocycles. The first-order chi connectivity index (χ1) is 12.6. The molecule has 2 aromatic carbocycles. The molecule has 0 saturated heterocycles. The van der Waals surface area contributed by atoms with Crippen LogP contribution < -0.4 is 10.5 Å². The number of rotatable bonds is 6. The van der Waals surface area contributed by atoms with Crippen LogP contribution in [0.3, 0.4) is 0 Å². The fraction of sp³-hybridized carbons (Fsp3) is 0.333. The van der Waals surface area contributed by atoms with Crippen LogP contribution in [0, 0.1) is 0 Å². The van der Waals surface area contributed by atoms with Crippen molar-refractivity contribution >= 4 is 11.9 Å². The SMILES string of the molecule is COc1ccc2c(c1)CCC[C@@H]2CC(=O)O[C@H](C(N)=O)c1ccccc1. The van der Waals surface area contributed by atoms with Gasteiger partial charge in [0.1, 0.15) is 5.75 Å². The van der Waals surface area contributed by atoms with E-state index < -0.39 is 18.0 Å². The number of amides is 1. The number of primary amides is 1. The Morgan fingerprint density at radius 1 is 1.19 bits per heavy atom. The second-order valence-corrected chi connectivity index (χ2v) is 6.54. The molecule has 2 aromatic rings. The number of carbonyl (C=O) groups excluding carboxylic acids is 2. The third kappa shape index (κ3) is 4.04. The smallest absolute Gasteiger partial charge is 0.307 e. The monoisotopic (exact) mass is 353 g/mol. The van der Waals surface area contributed by atoms with Gasteiger partial charge in [0.15, 0.2) is 0 Å². The van der Waals surface area contributed by atoms with Crippen LogP contribution >= 0.6 is 0 Å². The summed E-state index contributed by atoms with van der Waals surface area (Å²) in [6, 6.07) is 14.8. The van der Waals surface area contributed by atoms with Gasteiger partial charge in [-0.05, 0) is 48.4 Å². The molecule has 0 radical (unpaired) electrons. The molecule has 1 aliphatic rings. The van der Waals surface area contributed by atoms with Crippen molar-refractivity contribution in [2.24, 2.45) is 5.73 Å². The second kappa shape index (κ2) is 8.04. The van der Waals surface area contributed by atoms with E-state index in [1.807, 2.05) is 24.3 Å². The van der Waals surface area contributed by atoms with E-state index in [9.17, 15) is 9.59 Å². The van der Waals surface area contributed by atoms with E-state index in [0.29, 0.717) is 5.56 Å². The minimum Gasteiger partial charge on any atom is -0.497 e. The standard InChI is InChI=1S/C21H23NO4/c1-25-17-10-11-18-15(12-17)8-5-9-16(18)13-19(23)26-20(21(22)24)14-6-3-2-4-7-14/h2-4,6-7,10-12,16,20H,5,8-9,13H2,1H3,(H2,22,24)/t16-,20+/m1/s1. The van der Waals surface area contributed by atoms with Crippen LogP contribution in [0.1, 0.15) is 48.0 Å². The van der Waals surface area contributed by atoms with Gasteiger partial charge in [0.25, 0.3) is 5.91 Å². The maximum absolute atomic E-state index is 12.5. The Hall–Kier alpha value is -2.82. The van der Waals surface area contributed by atoms with Crippen molar-refractivity contribution < 1.29 is 19.1 Å². The highest BCUT2D eigenvalue weighted by Crippen LogP contribution is 2.36. The zero-order valence-electron chi connectivity index (χ0n) is 14.8. The van der Waals surface area contributed by atoms with Crippen molar-refractivity contribution in [3.05, 3.63) is 65.2 Å². The summed E-state index contributed by atoms with van der Waals surface area (Å²) in [5, 5.41) is 0. The summed E-state index contributed by atoms with van der Waals surface area (Å²) in [5.74, 6) is -0.170. The molecule has 0 unspecified atom stereocenters. The van der Waals surface area contributed by atoms with Crippen molar-refractivity contribution in [1.82, 2.24) is 0 Å². The Kier molecular flexibility index (Phi) is 5.56. The normalized spacial score (nSPS) is 17.0. The van der Waals surface area contributed by atoms with Gasteiger partial charge in [0.05, 0.1) is 13.5 Å². The van der Waals surface area contributed by atoms with Crippen molar-refractivity contribution in [1.29, 1.82) is 0 Å². The fourth-order valence-electron chi connectivity index (χ4n) is 3.53. The predicted octanol–water partition coefficient (Wildman–Crippen LogP) is 3.28. The Morgan fingerprint density at radius 3 is 2.65 bits per heavy atom. The Bertz CT molecular complexity index is 788. The molecule has 2 atom stereocenters. The quantitative estimate of drug-likeness (QED) is 0.809. The topological polar surface area (TPSA) is 78.6 Å². The summed E-state index contributed by atoms with van der Waals surface area (Å²) in [7, 11) is 1.65. The third-order valence-corrected chi connectivity index (χ3v) is 4.81. The molecule has 5 nitrogen and oxygen atoms in total. The summed E-state index contributed by atoms with van der Waals surface area (Å²) in [6.07, 6.45) is 2.08. The number of aryl methyl sites for hydroxylation is 1. The molecule has 0 spiro atoms. The van der Waals surface area contributed by atoms with Crippen molar-refractivity contribution in [3.8, 4) is 5.75 Å². The average Bonchev–Trinajstić information content (AvgIpc) is 2.66. The molecule has 0 aliphatic heterocycles. The molecule has 5 heteroatoms. The minimum absolute atomic E-state index is 0.0847. The number of ether oxygens (including phenoxy) is 2. The lowest BCUT2D eigenvalue weighted by Gasteiger charge is -2.26. The highest BCUT2D eigenvalue weighted by atomic mass is 16.5. The molecule has 2 N–H and O–H groups in total. The maximum Gasteiger partial charge on any atom is 0.307 e. The van der Waals surface area contributed by atoms with Crippen LogP contribution in [0.25, 0.3) is 0 Å². The van der Waals surface area contributed by atoms with E-state index in [0.717, 1.165) is 30.6 Å². The van der Waals surface area contributed by atoms with Gasteiger partial charge in [-0.2, -0.15) is 0 Å². The zero-order chi connectivity index (χ0) is 18.5. The Balaban J connectivity index is 1.71. The zero-order valence-corrected chi connectivity index (χ0v) is 14.8. The predicted molar refractivity (Wildman–Crippen MR) is 97.8 cm³/mol. The van der Waals surface area contributed by atoms with Crippen LogP contribution in [0.4, 0.5) is 0 Å². The average molecular weight is 353 g/mol. The molecule has 3 rings (SSSR count). The lowest BCUT2D eigenvalue weighted by molar-refractivity contribution is -0.155. The number of benzene rings is 2. The number of hydrogen-bond acceptors (Lipinski definition) is 4. The number of hydrogen-bond donors (Lipinski definition) is 1. The summed E-state index contributed by atoms with van der Waals surface area (Å²) in [6.45, 7) is 0. The molecule has 1 aliphatic carbocycles. The Labute approximate surface area is 153 Å². The van der Waals surface area contributed by atoms with Crippen LogP contribution in [0.5, 0.6) is 5.75 Å². The number of fused-ring (bicyclic) bond motifs is 1. The molecule has 136 valence electrons. The van der Waals surface area contributed by atoms with Crippen LogP contribution in [-0.4, -0.2) is 19.0 Å². The van der Waals surface area contributed by atoms with E-state index >= 15 is 0 Å². The van der Waals surface area contributed by atoms with Gasteiger partial charge in [-0.3, -0.25) is 9.59 Å². The fourth-order valence-corrected chi connectivity index (χ4v) is 3.53. The van der Waals surface area contributed by atoms with Gasteiger partial charge in [0, 0.05) is 5.56 Å². The van der Waals surface area contributed by atoms with Gasteiger partial charge < -0.3 is 15.2 Å². The van der Waals surface area contributed by atoms with Crippen LogP contribution in [0.15, 0.2) is 48.5 Å². The highest BCUT2D eigenvalue weighted by Gasteiger charge is 2.27. The molecule has 0 bridgehead atoms. The van der Waals surface area contributed by atoms with E-state index in [-0.39, 0.29) is 12.3 Å². The van der Waals surface area contributed by atoms with Crippen LogP contribution in [-0.2, 0) is 20.7 Å². The van der Waals surface area contributed by atoms with Crippen molar-refractivity contribution in [2.75, 3.05) is 7.11 Å². The molecule has 0 saturated carbocycles. The van der Waals surface area contributed by atoms with E-state index in [2.05, 4.69) is 0 Å². The first-order valence-electron chi connectivity index (χ1n) is 8.79. The van der Waals surface area contributed by atoms with Gasteiger partial charge in [-0.1, -0.05) is 36.4 Å². The molecule has 0 fully saturated rings. The maximum atomic E-state index is 12.5. The minimum atomic E-state index is -1.05. The van der Waals surface area contributed by atoms with E-state index in [1.54, 1.807) is 31.4 Å². The molecule has 1 amide bonds. The summed E-state index contributed by atoms with van der Waals surface area (Å²) >= 11 is 0. The Morgan fingerprint density at radius 2 is 1.96 bits per heavy atom. The molecular weight excluding hydrogens is 330 g/mol. The number of carbonyl (C=O) groups is 2. The van der Waals surface area contributed by atoms with Gasteiger partial charge >= 0.3 is 5.97 Å². The number of nitrogens with two attached hydrogens (primary N) is 1. The lowest BCUT2D eigenvalue weighted by Crippen LogP contribution is -2.27. The van der Waals surface area contributed by atoms with E-state index in [1.165, 1.54) is 5.56 Å². The molecular formula is C21H23NO4. The number of methoxy groups -OCH3 is 1. The first-order valence-corrected chi connectivity index (χ1v) is 8.79. The van der Waals surface area contributed by atoms with E-state index in [4.69, 9.17) is 15.2 Å². The third-order valence-electron chi connectivity index (χ3n) is 4.81. The molecule has 0 aromatic heterocycles. The second-order valence-electron chi connectivity index (χ2n) is 6.54. The lowest BCUT2D eigenvalue weighted by atomic mass is 9.81. The number of esters is 1. The summed E-state index contributed by atoms with van der Waals surface area (Å²) in [4.78, 5) is 24.2. The van der Waals surface area contributed by atoms with Crippen LogP contribution in [0.2, 0.25) is 0 Å². The largest absolute Gasteiger partial charge is 0.497 e. The highest BCUT2D eigenvalue weighted by molar-refractivity contribution is 5.83. The van der Waals surface area contributed by atoms with Gasteiger partial charge in [-0.15, -0.1) is 0 Å². The molecule has 26 heavy (non-hydrogen) atoms. The summed E-state index contributed by atoms with van der Waals surface area (Å²) in [5.41, 5.74) is 8.38. The summed E-state index contributed by atoms with van der Waals surface area (Å²) < 4.78 is 10.7. The van der Waals surface area contributed by atoms with Gasteiger partial charge in [0.2, 0.25) is 6.10 Å².